The summed E-state index contributed by atoms with van der Waals surface area (Å²) in [5.74, 6) is 0.330. The Bertz CT molecular complexity index is 779. The van der Waals surface area contributed by atoms with E-state index in [4.69, 9.17) is 10.8 Å². The first kappa shape index (κ1) is 21.9. The highest BCUT2D eigenvalue weighted by atomic mass is 35.5. The van der Waals surface area contributed by atoms with Gasteiger partial charge in [-0.3, -0.25) is 9.69 Å². The molecule has 2 heterocycles. The first-order chi connectivity index (χ1) is 11.0. The van der Waals surface area contributed by atoms with Gasteiger partial charge >= 0.3 is 0 Å². The fraction of sp³-hybridized carbons (Fsp3) is 0.500. The molecule has 1 fully saturated rings. The van der Waals surface area contributed by atoms with Crippen molar-refractivity contribution in [1.29, 1.82) is 0 Å². The van der Waals surface area contributed by atoms with Crippen molar-refractivity contribution in [3.8, 4) is 0 Å². The Kier molecular flexibility index (Phi) is 7.90. The summed E-state index contributed by atoms with van der Waals surface area (Å²) in [7, 11) is 0. The molecule has 0 unspecified atom stereocenters. The van der Waals surface area contributed by atoms with Gasteiger partial charge in [0.05, 0.1) is 5.52 Å². The maximum atomic E-state index is 12.4. The van der Waals surface area contributed by atoms with Crippen LogP contribution in [-0.4, -0.2) is 40.7 Å². The standard InChI is InChI=1S/C18H25N3O2.2ClH/c1-11-5-12(2)18-15(6-11)17(23)7-14(20-18)9-21-8-13(3-4-22)16(19)10-21;;/h5-7,13,16,22H,3-4,8-10,19H2,1-2H3,(H,20,23);2*1H/t13-,16-;;/m0../s1. The minimum Gasteiger partial charge on any atom is -0.396 e. The van der Waals surface area contributed by atoms with Crippen molar-refractivity contribution in [2.45, 2.75) is 32.9 Å². The number of benzene rings is 1. The Labute approximate surface area is 160 Å². The van der Waals surface area contributed by atoms with Crippen molar-refractivity contribution in [2.24, 2.45) is 11.7 Å². The van der Waals surface area contributed by atoms with E-state index in [1.165, 1.54) is 0 Å². The minimum absolute atomic E-state index is 0. The molecule has 1 aliphatic rings. The number of aromatic amines is 1. The fourth-order valence-corrected chi connectivity index (χ4v) is 3.68. The van der Waals surface area contributed by atoms with Gasteiger partial charge in [-0.25, -0.2) is 0 Å². The number of halogens is 2. The number of fused-ring (bicyclic) bond motifs is 1. The van der Waals surface area contributed by atoms with E-state index in [1.807, 2.05) is 19.9 Å². The molecule has 7 heteroatoms. The van der Waals surface area contributed by atoms with Crippen LogP contribution in [0, 0.1) is 19.8 Å². The number of pyridine rings is 1. The molecule has 4 N–H and O–H groups in total. The zero-order valence-electron chi connectivity index (χ0n) is 14.6. The molecule has 1 aromatic carbocycles. The molecule has 0 aliphatic carbocycles. The smallest absolute Gasteiger partial charge is 0.189 e. The molecular formula is C18H27Cl2N3O2. The highest BCUT2D eigenvalue weighted by molar-refractivity contribution is 5.85. The van der Waals surface area contributed by atoms with Gasteiger partial charge < -0.3 is 15.8 Å². The second-order valence-electron chi connectivity index (χ2n) is 6.79. The highest BCUT2D eigenvalue weighted by Crippen LogP contribution is 2.21. The second-order valence-corrected chi connectivity index (χ2v) is 6.79. The molecule has 1 aliphatic heterocycles. The van der Waals surface area contributed by atoms with Crippen LogP contribution in [0.15, 0.2) is 23.0 Å². The Hall–Kier alpha value is -1.11. The molecule has 0 bridgehead atoms. The number of nitrogens with two attached hydrogens (primary N) is 1. The molecule has 0 saturated carbocycles. The molecular weight excluding hydrogens is 361 g/mol. The number of aliphatic hydroxyl groups excluding tert-OH is 1. The molecule has 1 aromatic heterocycles. The zero-order chi connectivity index (χ0) is 16.6. The van der Waals surface area contributed by atoms with E-state index in [2.05, 4.69) is 16.0 Å². The largest absolute Gasteiger partial charge is 0.396 e. The minimum atomic E-state index is 0. The number of aromatic nitrogens is 1. The number of nitrogens with zero attached hydrogens (tertiary/aromatic N) is 1. The number of aliphatic hydroxyl groups is 1. The molecule has 3 rings (SSSR count). The van der Waals surface area contributed by atoms with Gasteiger partial charge in [0.1, 0.15) is 0 Å². The molecule has 1 saturated heterocycles. The molecule has 25 heavy (non-hydrogen) atoms. The van der Waals surface area contributed by atoms with E-state index in [0.717, 1.165) is 47.2 Å². The maximum Gasteiger partial charge on any atom is 0.189 e. The fourth-order valence-electron chi connectivity index (χ4n) is 3.68. The SMILES string of the molecule is Cc1cc(C)c2[nH]c(CN3C[C@H](CCO)[C@@H](N)C3)cc(=O)c2c1.Cl.Cl. The summed E-state index contributed by atoms with van der Waals surface area (Å²) in [6.07, 6.45) is 0.740. The Morgan fingerprint density at radius 2 is 1.96 bits per heavy atom. The summed E-state index contributed by atoms with van der Waals surface area (Å²) >= 11 is 0. The van der Waals surface area contributed by atoms with Crippen molar-refractivity contribution >= 4 is 35.7 Å². The molecule has 140 valence electrons. The molecule has 2 aromatic rings. The molecule has 0 spiro atoms. The third-order valence-electron chi connectivity index (χ3n) is 4.80. The van der Waals surface area contributed by atoms with Gasteiger partial charge in [-0.1, -0.05) is 6.07 Å². The number of H-pyrrole nitrogens is 1. The first-order valence-electron chi connectivity index (χ1n) is 8.20. The Balaban J connectivity index is 0.00000156. The summed E-state index contributed by atoms with van der Waals surface area (Å²) in [6, 6.07) is 5.82. The first-order valence-corrected chi connectivity index (χ1v) is 8.20. The lowest BCUT2D eigenvalue weighted by molar-refractivity contribution is 0.246. The number of rotatable bonds is 4. The maximum absolute atomic E-state index is 12.4. The average Bonchev–Trinajstić information content (AvgIpc) is 2.81. The molecule has 0 amide bonds. The highest BCUT2D eigenvalue weighted by Gasteiger charge is 2.29. The van der Waals surface area contributed by atoms with Crippen LogP contribution >= 0.6 is 24.8 Å². The van der Waals surface area contributed by atoms with Gasteiger partial charge in [0.2, 0.25) is 0 Å². The van der Waals surface area contributed by atoms with Crippen LogP contribution in [0.1, 0.15) is 23.2 Å². The third-order valence-corrected chi connectivity index (χ3v) is 4.80. The van der Waals surface area contributed by atoms with Crippen molar-refractivity contribution in [1.82, 2.24) is 9.88 Å². The predicted octanol–water partition coefficient (Wildman–Crippen LogP) is 2.13. The second kappa shape index (κ2) is 9.01. The zero-order valence-corrected chi connectivity index (χ0v) is 16.3. The van der Waals surface area contributed by atoms with Crippen LogP contribution in [0.25, 0.3) is 10.9 Å². The van der Waals surface area contributed by atoms with E-state index < -0.39 is 0 Å². The molecule has 0 radical (unpaired) electrons. The van der Waals surface area contributed by atoms with E-state index in [0.29, 0.717) is 12.5 Å². The summed E-state index contributed by atoms with van der Waals surface area (Å²) in [5, 5.41) is 9.86. The molecule has 2 atom stereocenters. The lowest BCUT2D eigenvalue weighted by Crippen LogP contribution is -2.30. The van der Waals surface area contributed by atoms with E-state index in [-0.39, 0.29) is 42.9 Å². The normalized spacial score (nSPS) is 20.3. The van der Waals surface area contributed by atoms with Crippen LogP contribution in [0.4, 0.5) is 0 Å². The Morgan fingerprint density at radius 1 is 1.24 bits per heavy atom. The summed E-state index contributed by atoms with van der Waals surface area (Å²) < 4.78 is 0. The number of hydrogen-bond acceptors (Lipinski definition) is 4. The summed E-state index contributed by atoms with van der Waals surface area (Å²) in [6.45, 7) is 6.57. The number of hydrogen-bond donors (Lipinski definition) is 3. The van der Waals surface area contributed by atoms with Crippen molar-refractivity contribution in [3.05, 3.63) is 45.2 Å². The van der Waals surface area contributed by atoms with Crippen LogP contribution in [0.5, 0.6) is 0 Å². The topological polar surface area (TPSA) is 82.3 Å². The third kappa shape index (κ3) is 4.74. The number of likely N-dealkylation sites (tertiary alicyclic amines) is 1. The monoisotopic (exact) mass is 387 g/mol. The Morgan fingerprint density at radius 3 is 2.64 bits per heavy atom. The van der Waals surface area contributed by atoms with Gasteiger partial charge in [-0.2, -0.15) is 0 Å². The van der Waals surface area contributed by atoms with Gasteiger partial charge in [-0.05, 0) is 43.4 Å². The van der Waals surface area contributed by atoms with Gasteiger partial charge in [0, 0.05) is 49.4 Å². The van der Waals surface area contributed by atoms with Crippen molar-refractivity contribution in [3.63, 3.8) is 0 Å². The van der Waals surface area contributed by atoms with E-state index in [1.54, 1.807) is 6.07 Å². The van der Waals surface area contributed by atoms with Crippen LogP contribution in [-0.2, 0) is 6.54 Å². The summed E-state index contributed by atoms with van der Waals surface area (Å²) in [5.41, 5.74) is 10.3. The van der Waals surface area contributed by atoms with Crippen molar-refractivity contribution in [2.75, 3.05) is 19.7 Å². The van der Waals surface area contributed by atoms with Crippen LogP contribution in [0.3, 0.4) is 0 Å². The van der Waals surface area contributed by atoms with Crippen LogP contribution < -0.4 is 11.2 Å². The predicted molar refractivity (Wildman–Crippen MR) is 107 cm³/mol. The molecule has 5 nitrogen and oxygen atoms in total. The van der Waals surface area contributed by atoms with Gasteiger partial charge in [0.15, 0.2) is 5.43 Å². The van der Waals surface area contributed by atoms with Gasteiger partial charge in [-0.15, -0.1) is 24.8 Å². The quantitative estimate of drug-likeness (QED) is 0.750. The number of nitrogens with one attached hydrogen (secondary N) is 1. The lowest BCUT2D eigenvalue weighted by Gasteiger charge is -2.16. The van der Waals surface area contributed by atoms with E-state index >= 15 is 0 Å². The lowest BCUT2D eigenvalue weighted by atomic mass is 10.0. The average molecular weight is 388 g/mol. The van der Waals surface area contributed by atoms with E-state index in [9.17, 15) is 4.79 Å². The van der Waals surface area contributed by atoms with Crippen LogP contribution in [0.2, 0.25) is 0 Å². The van der Waals surface area contributed by atoms with Gasteiger partial charge in [0.25, 0.3) is 0 Å². The summed E-state index contributed by atoms with van der Waals surface area (Å²) in [4.78, 5) is 18.1. The number of aryl methyl sites for hydroxylation is 2. The van der Waals surface area contributed by atoms with Crippen molar-refractivity contribution < 1.29 is 5.11 Å².